The summed E-state index contributed by atoms with van der Waals surface area (Å²) in [5.74, 6) is 0.420. The maximum absolute atomic E-state index is 11.7. The molecule has 0 radical (unpaired) electrons. The Balaban J connectivity index is 0.00000722. The van der Waals surface area contributed by atoms with Gasteiger partial charge in [-0.05, 0) is 48.7 Å². The largest absolute Gasteiger partial charge is 1.00 e. The van der Waals surface area contributed by atoms with Crippen LogP contribution in [0.4, 0.5) is 0 Å². The Morgan fingerprint density at radius 1 is 0.923 bits per heavy atom. The molecule has 0 bridgehead atoms. The Labute approximate surface area is 325 Å². The number of aryl methyl sites for hydroxylation is 1. The number of rotatable bonds is 19. The maximum Gasteiger partial charge on any atom is 1.00 e. The second kappa shape index (κ2) is 20.8. The van der Waals surface area contributed by atoms with Crippen molar-refractivity contribution in [3.63, 3.8) is 0 Å². The van der Waals surface area contributed by atoms with Crippen LogP contribution in [0.3, 0.4) is 0 Å². The smallest absolute Gasteiger partial charge is 0.748 e. The number of fused-ring (bicyclic) bond motifs is 1. The van der Waals surface area contributed by atoms with Crippen LogP contribution in [0.2, 0.25) is 0 Å². The quantitative estimate of drug-likeness (QED) is 0.0966. The summed E-state index contributed by atoms with van der Waals surface area (Å²) in [5.41, 5.74) is 1.42. The molecule has 1 aromatic carbocycles. The zero-order valence-corrected chi connectivity index (χ0v) is 32.7. The zero-order valence-electron chi connectivity index (χ0n) is 24.0. The molecule has 210 valence electrons. The number of H-pyrrole nitrogens is 1. The molecule has 2 rings (SSSR count). The van der Waals surface area contributed by atoms with E-state index in [-0.39, 0.29) is 121 Å². The summed E-state index contributed by atoms with van der Waals surface area (Å²) in [6, 6.07) is 2.56. The van der Waals surface area contributed by atoms with Gasteiger partial charge in [-0.25, -0.2) is 21.8 Å². The molecule has 2 aromatic rings. The van der Waals surface area contributed by atoms with Crippen molar-refractivity contribution in [2.24, 2.45) is 0 Å². The van der Waals surface area contributed by atoms with Gasteiger partial charge >= 0.3 is 103 Å². The molecule has 1 heterocycles. The fourth-order valence-corrected chi connectivity index (χ4v) is 5.64. The molecule has 39 heavy (non-hydrogen) atoms. The van der Waals surface area contributed by atoms with Crippen LogP contribution >= 0.6 is 12.2 Å². The van der Waals surface area contributed by atoms with Crippen LogP contribution in [0.25, 0.3) is 11.0 Å². The average Bonchev–Trinajstić information content (AvgIpc) is 3.23. The maximum atomic E-state index is 11.7. The Bertz CT molecular complexity index is 1230. The van der Waals surface area contributed by atoms with Gasteiger partial charge in [0.25, 0.3) is 0 Å². The van der Waals surface area contributed by atoms with E-state index in [9.17, 15) is 25.9 Å². The van der Waals surface area contributed by atoms with Gasteiger partial charge in [-0.3, -0.25) is 0 Å². The van der Waals surface area contributed by atoms with Gasteiger partial charge in [-0.15, -0.1) is 0 Å². The van der Waals surface area contributed by atoms with Crippen LogP contribution in [-0.4, -0.2) is 46.0 Å². The minimum atomic E-state index is -4.69. The number of thiocarbonyl (C=S) groups is 1. The van der Waals surface area contributed by atoms with E-state index in [1.165, 1.54) is 76.8 Å². The predicted octanol–water partition coefficient (Wildman–Crippen LogP) is -0.0452. The SMILES string of the molecule is CCCCCCCCCCCCCC(=S)Cc1cc(S(=O)(=O)[O-])cc2[nH]c(CCC(C)S(=O)(=O)[O-])nc12.[K+].[K+]. The summed E-state index contributed by atoms with van der Waals surface area (Å²) in [4.78, 5) is 7.87. The molecule has 1 N–H and O–H groups in total. The molecule has 13 heteroatoms. The summed E-state index contributed by atoms with van der Waals surface area (Å²) in [7, 11) is -9.09. The number of unbranched alkanes of at least 4 members (excludes halogenated alkanes) is 10. The van der Waals surface area contributed by atoms with Crippen molar-refractivity contribution in [3.05, 3.63) is 23.5 Å². The van der Waals surface area contributed by atoms with Crippen LogP contribution in [0.5, 0.6) is 0 Å². The van der Waals surface area contributed by atoms with Gasteiger partial charge in [0.15, 0.2) is 0 Å². The van der Waals surface area contributed by atoms with Gasteiger partial charge < -0.3 is 14.1 Å². The van der Waals surface area contributed by atoms with Gasteiger partial charge in [0, 0.05) is 18.1 Å². The molecular weight excluding hydrogens is 611 g/mol. The van der Waals surface area contributed by atoms with E-state index < -0.39 is 25.5 Å². The Morgan fingerprint density at radius 2 is 1.46 bits per heavy atom. The van der Waals surface area contributed by atoms with Gasteiger partial charge in [0.05, 0.1) is 26.0 Å². The average molecular weight is 651 g/mol. The Morgan fingerprint density at radius 3 is 1.97 bits per heavy atom. The monoisotopic (exact) mass is 650 g/mol. The van der Waals surface area contributed by atoms with Crippen LogP contribution < -0.4 is 103 Å². The van der Waals surface area contributed by atoms with Gasteiger partial charge in [0.1, 0.15) is 15.9 Å². The number of hydrogen-bond donors (Lipinski definition) is 1. The molecule has 0 fully saturated rings. The number of nitrogens with zero attached hydrogens (tertiary/aromatic N) is 1. The first-order valence-electron chi connectivity index (χ1n) is 13.4. The Hall–Kier alpha value is 1.87. The first-order chi connectivity index (χ1) is 17.4. The van der Waals surface area contributed by atoms with Crippen molar-refractivity contribution in [2.75, 3.05) is 0 Å². The molecule has 0 saturated heterocycles. The summed E-state index contributed by atoms with van der Waals surface area (Å²) >= 11 is 5.57. The van der Waals surface area contributed by atoms with Crippen molar-refractivity contribution >= 4 is 48.4 Å². The molecule has 8 nitrogen and oxygen atoms in total. The van der Waals surface area contributed by atoms with E-state index in [4.69, 9.17) is 12.2 Å². The number of hydrogen-bond acceptors (Lipinski definition) is 8. The molecule has 0 aliphatic rings. The molecule has 1 aromatic heterocycles. The van der Waals surface area contributed by atoms with Gasteiger partial charge in [-0.1, -0.05) is 83.3 Å². The summed E-state index contributed by atoms with van der Waals surface area (Å²) in [6.07, 6.45) is 15.0. The first-order valence-corrected chi connectivity index (χ1v) is 16.6. The van der Waals surface area contributed by atoms with E-state index in [2.05, 4.69) is 16.9 Å². The van der Waals surface area contributed by atoms with Crippen molar-refractivity contribution in [3.8, 4) is 0 Å². The Kier molecular flexibility index (Phi) is 21.8. The molecule has 0 saturated carbocycles. The number of imidazole rings is 1. The number of aromatic nitrogens is 2. The normalized spacial score (nSPS) is 12.6. The van der Waals surface area contributed by atoms with Crippen molar-refractivity contribution in [2.45, 2.75) is 120 Å². The number of aromatic amines is 1. The second-order valence-electron chi connectivity index (χ2n) is 9.96. The van der Waals surface area contributed by atoms with Gasteiger partial charge in [0.2, 0.25) is 0 Å². The van der Waals surface area contributed by atoms with Crippen molar-refractivity contribution in [1.29, 1.82) is 0 Å². The summed E-state index contributed by atoms with van der Waals surface area (Å²) < 4.78 is 68.6. The van der Waals surface area contributed by atoms with Crippen LogP contribution in [-0.2, 0) is 33.1 Å². The van der Waals surface area contributed by atoms with Gasteiger partial charge in [-0.2, -0.15) is 0 Å². The molecule has 0 aliphatic heterocycles. The standard InChI is InChI=1S/C26H42N2O6S3.2K/c1-3-4-5-6-7-8-9-10-11-12-13-14-22(35)17-21-18-23(37(32,33)34)19-24-26(21)28-25(27-24)16-15-20(2)36(29,30)31;;/h18-20H,3-17H2,1-2H3,(H,27,28)(H,29,30,31)(H,32,33,34);;/q;2*+1/p-2. The van der Waals surface area contributed by atoms with Crippen molar-refractivity contribution < 1.29 is 129 Å². The topological polar surface area (TPSA) is 143 Å². The van der Waals surface area contributed by atoms with E-state index in [0.29, 0.717) is 28.8 Å². The first kappa shape index (κ1) is 40.9. The van der Waals surface area contributed by atoms with Crippen LogP contribution in [0.15, 0.2) is 17.0 Å². The fraction of sp³-hybridized carbons (Fsp3) is 0.692. The van der Waals surface area contributed by atoms with Crippen molar-refractivity contribution in [1.82, 2.24) is 9.97 Å². The molecule has 0 amide bonds. The minimum Gasteiger partial charge on any atom is -0.748 e. The third kappa shape index (κ3) is 16.0. The second-order valence-corrected chi connectivity index (χ2v) is 13.7. The molecule has 0 spiro atoms. The predicted molar refractivity (Wildman–Crippen MR) is 149 cm³/mol. The van der Waals surface area contributed by atoms with E-state index in [1.54, 1.807) is 0 Å². The molecular formula is C26H40K2N2O6S3. The van der Waals surface area contributed by atoms with E-state index >= 15 is 0 Å². The summed E-state index contributed by atoms with van der Waals surface area (Å²) in [6.45, 7) is 3.57. The fourth-order valence-electron chi connectivity index (χ4n) is 4.38. The zero-order chi connectivity index (χ0) is 27.5. The van der Waals surface area contributed by atoms with Crippen LogP contribution in [0, 0.1) is 0 Å². The molecule has 1 unspecified atom stereocenters. The summed E-state index contributed by atoms with van der Waals surface area (Å²) in [5, 5.41) is -1.07. The minimum absolute atomic E-state index is 0. The molecule has 0 aliphatic carbocycles. The third-order valence-corrected chi connectivity index (χ3v) is 9.09. The third-order valence-electron chi connectivity index (χ3n) is 6.70. The number of nitrogens with one attached hydrogen (secondary N) is 1. The number of benzene rings is 1. The molecule has 1 atom stereocenters. The van der Waals surface area contributed by atoms with Crippen LogP contribution in [0.1, 0.15) is 109 Å². The van der Waals surface area contributed by atoms with E-state index in [0.717, 1.165) is 24.1 Å². The van der Waals surface area contributed by atoms with E-state index in [1.807, 2.05) is 0 Å².